The molecule has 156 valence electrons. The number of benzene rings is 2. The minimum absolute atomic E-state index is 0.338. The average molecular weight is 408 g/mol. The topological polar surface area (TPSA) is 92.8 Å². The van der Waals surface area contributed by atoms with Crippen LogP contribution in [0.4, 0.5) is 4.79 Å². The summed E-state index contributed by atoms with van der Waals surface area (Å²) in [6, 6.07) is 11.8. The molecule has 7 heteroatoms. The SMILES string of the molecule is Cc1cc(C)c(C(=O)COC(=O)CN2C(=O)N[C@](C)(c3ccccc3)C2=O)cc1C. The zero-order valence-electron chi connectivity index (χ0n) is 17.4. The van der Waals surface area contributed by atoms with Crippen molar-refractivity contribution in [3.63, 3.8) is 0 Å². The van der Waals surface area contributed by atoms with Crippen molar-refractivity contribution in [1.82, 2.24) is 10.2 Å². The number of nitrogens with zero attached hydrogens (tertiary/aromatic N) is 1. The van der Waals surface area contributed by atoms with Crippen LogP contribution in [0.15, 0.2) is 42.5 Å². The average Bonchev–Trinajstić information content (AvgIpc) is 2.93. The molecule has 3 rings (SSSR count). The molecule has 0 unspecified atom stereocenters. The normalized spacial score (nSPS) is 18.3. The third-order valence-corrected chi connectivity index (χ3v) is 5.42. The van der Waals surface area contributed by atoms with Gasteiger partial charge in [0.2, 0.25) is 5.78 Å². The molecule has 1 aliphatic heterocycles. The van der Waals surface area contributed by atoms with Gasteiger partial charge < -0.3 is 10.1 Å². The molecule has 0 saturated carbocycles. The summed E-state index contributed by atoms with van der Waals surface area (Å²) in [5, 5.41) is 2.62. The molecule has 1 atom stereocenters. The van der Waals surface area contributed by atoms with E-state index in [0.717, 1.165) is 21.6 Å². The summed E-state index contributed by atoms with van der Waals surface area (Å²) in [5.41, 5.74) is 2.67. The zero-order chi connectivity index (χ0) is 22.1. The lowest BCUT2D eigenvalue weighted by Crippen LogP contribution is -2.41. The fraction of sp³-hybridized carbons (Fsp3) is 0.304. The van der Waals surface area contributed by atoms with Gasteiger partial charge in [-0.05, 0) is 56.0 Å². The van der Waals surface area contributed by atoms with Crippen molar-refractivity contribution in [3.05, 3.63) is 70.3 Å². The number of amides is 3. The number of hydrogen-bond donors (Lipinski definition) is 1. The Balaban J connectivity index is 1.64. The molecule has 30 heavy (non-hydrogen) atoms. The number of ether oxygens (including phenoxy) is 1. The van der Waals surface area contributed by atoms with E-state index in [9.17, 15) is 19.2 Å². The molecule has 1 heterocycles. The Bertz CT molecular complexity index is 1030. The van der Waals surface area contributed by atoms with Gasteiger partial charge >= 0.3 is 12.0 Å². The van der Waals surface area contributed by atoms with Crippen LogP contribution in [-0.4, -0.2) is 41.7 Å². The number of hydrogen-bond acceptors (Lipinski definition) is 5. The van der Waals surface area contributed by atoms with Gasteiger partial charge in [0.15, 0.2) is 6.61 Å². The molecule has 1 N–H and O–H groups in total. The smallest absolute Gasteiger partial charge is 0.326 e. The minimum atomic E-state index is -1.26. The van der Waals surface area contributed by atoms with Crippen molar-refractivity contribution in [2.24, 2.45) is 0 Å². The first-order valence-corrected chi connectivity index (χ1v) is 9.60. The van der Waals surface area contributed by atoms with Crippen LogP contribution in [0.1, 0.15) is 39.5 Å². The van der Waals surface area contributed by atoms with E-state index in [1.54, 1.807) is 43.3 Å². The number of Topliss-reactive ketones (excluding diaryl/α,β-unsaturated/α-hetero) is 1. The van der Waals surface area contributed by atoms with E-state index in [1.807, 2.05) is 26.8 Å². The summed E-state index contributed by atoms with van der Waals surface area (Å²) < 4.78 is 5.05. The highest BCUT2D eigenvalue weighted by atomic mass is 16.5. The number of urea groups is 1. The van der Waals surface area contributed by atoms with Crippen LogP contribution >= 0.6 is 0 Å². The van der Waals surface area contributed by atoms with Crippen molar-refractivity contribution in [3.8, 4) is 0 Å². The standard InChI is InChI=1S/C23H24N2O5/c1-14-10-16(3)18(11-15(14)2)19(26)13-30-20(27)12-25-21(28)23(4,24-22(25)29)17-8-6-5-7-9-17/h5-11H,12-13H2,1-4H3,(H,24,29)/t23-/m1/s1. The molecular weight excluding hydrogens is 384 g/mol. The Morgan fingerprint density at radius 1 is 1.00 bits per heavy atom. The highest BCUT2D eigenvalue weighted by molar-refractivity contribution is 6.09. The molecule has 2 aromatic rings. The van der Waals surface area contributed by atoms with E-state index in [1.165, 1.54) is 0 Å². The maximum Gasteiger partial charge on any atom is 0.326 e. The minimum Gasteiger partial charge on any atom is -0.456 e. The van der Waals surface area contributed by atoms with Gasteiger partial charge in [0, 0.05) is 5.56 Å². The van der Waals surface area contributed by atoms with Crippen LogP contribution < -0.4 is 5.32 Å². The lowest BCUT2D eigenvalue weighted by molar-refractivity contribution is -0.146. The van der Waals surface area contributed by atoms with E-state index in [2.05, 4.69) is 5.32 Å². The molecule has 0 aliphatic carbocycles. The van der Waals surface area contributed by atoms with Crippen LogP contribution in [0.5, 0.6) is 0 Å². The largest absolute Gasteiger partial charge is 0.456 e. The summed E-state index contributed by atoms with van der Waals surface area (Å²) in [7, 11) is 0. The fourth-order valence-corrected chi connectivity index (χ4v) is 3.47. The van der Waals surface area contributed by atoms with E-state index < -0.39 is 36.6 Å². The highest BCUT2D eigenvalue weighted by Gasteiger charge is 2.49. The number of aryl methyl sites for hydroxylation is 3. The molecule has 0 aromatic heterocycles. The third-order valence-electron chi connectivity index (χ3n) is 5.42. The van der Waals surface area contributed by atoms with Crippen molar-refractivity contribution >= 4 is 23.7 Å². The predicted molar refractivity (Wildman–Crippen MR) is 110 cm³/mol. The maximum atomic E-state index is 12.8. The molecule has 1 fully saturated rings. The van der Waals surface area contributed by atoms with E-state index in [-0.39, 0.29) is 5.78 Å². The highest BCUT2D eigenvalue weighted by Crippen LogP contribution is 2.28. The predicted octanol–water partition coefficient (Wildman–Crippen LogP) is 2.80. The van der Waals surface area contributed by atoms with E-state index >= 15 is 0 Å². The summed E-state index contributed by atoms with van der Waals surface area (Å²) in [6.07, 6.45) is 0. The first-order chi connectivity index (χ1) is 14.1. The number of imide groups is 1. The molecule has 3 amide bonds. The molecule has 0 radical (unpaired) electrons. The number of carbonyl (C=O) groups excluding carboxylic acids is 4. The lowest BCUT2D eigenvalue weighted by atomic mass is 9.92. The van der Waals surface area contributed by atoms with Gasteiger partial charge in [-0.15, -0.1) is 0 Å². The van der Waals surface area contributed by atoms with Crippen molar-refractivity contribution in [2.75, 3.05) is 13.2 Å². The van der Waals surface area contributed by atoms with Crippen LogP contribution in [0.25, 0.3) is 0 Å². The molecule has 2 aromatic carbocycles. The molecule has 0 bridgehead atoms. The molecular formula is C23H24N2O5. The first kappa shape index (κ1) is 21.2. The van der Waals surface area contributed by atoms with Gasteiger partial charge in [0.1, 0.15) is 12.1 Å². The summed E-state index contributed by atoms with van der Waals surface area (Å²) >= 11 is 0. The first-order valence-electron chi connectivity index (χ1n) is 9.60. The summed E-state index contributed by atoms with van der Waals surface area (Å²) in [5.74, 6) is -1.71. The number of nitrogens with one attached hydrogen (secondary N) is 1. The lowest BCUT2D eigenvalue weighted by Gasteiger charge is -2.21. The van der Waals surface area contributed by atoms with Crippen molar-refractivity contribution in [2.45, 2.75) is 33.2 Å². The zero-order valence-corrected chi connectivity index (χ0v) is 17.4. The summed E-state index contributed by atoms with van der Waals surface area (Å²) in [4.78, 5) is 50.6. The van der Waals surface area contributed by atoms with Gasteiger partial charge in [0.25, 0.3) is 5.91 Å². The third kappa shape index (κ3) is 3.96. The second-order valence-electron chi connectivity index (χ2n) is 7.65. The Hall–Kier alpha value is -3.48. The van der Waals surface area contributed by atoms with Gasteiger partial charge in [-0.2, -0.15) is 0 Å². The molecule has 1 aliphatic rings. The second-order valence-corrected chi connectivity index (χ2v) is 7.65. The number of carbonyl (C=O) groups is 4. The Kier molecular flexibility index (Phi) is 5.73. The van der Waals surface area contributed by atoms with Crippen LogP contribution in [0.3, 0.4) is 0 Å². The molecule has 1 saturated heterocycles. The maximum absolute atomic E-state index is 12.8. The Morgan fingerprint density at radius 3 is 2.30 bits per heavy atom. The van der Waals surface area contributed by atoms with Crippen molar-refractivity contribution in [1.29, 1.82) is 0 Å². The number of esters is 1. The van der Waals surface area contributed by atoms with Gasteiger partial charge in [-0.3, -0.25) is 19.3 Å². The van der Waals surface area contributed by atoms with E-state index in [0.29, 0.717) is 11.1 Å². The van der Waals surface area contributed by atoms with Crippen LogP contribution in [-0.2, 0) is 19.9 Å². The molecule has 7 nitrogen and oxygen atoms in total. The van der Waals surface area contributed by atoms with Gasteiger partial charge in [0.05, 0.1) is 0 Å². The second kappa shape index (κ2) is 8.10. The number of ketones is 1. The van der Waals surface area contributed by atoms with Crippen molar-refractivity contribution < 1.29 is 23.9 Å². The quantitative estimate of drug-likeness (QED) is 0.451. The monoisotopic (exact) mass is 408 g/mol. The van der Waals surface area contributed by atoms with E-state index in [4.69, 9.17) is 4.74 Å². The number of rotatable bonds is 6. The van der Waals surface area contributed by atoms with Gasteiger partial charge in [-0.25, -0.2) is 4.79 Å². The fourth-order valence-electron chi connectivity index (χ4n) is 3.47. The summed E-state index contributed by atoms with van der Waals surface area (Å²) in [6.45, 7) is 6.24. The van der Waals surface area contributed by atoms with Crippen LogP contribution in [0.2, 0.25) is 0 Å². The van der Waals surface area contributed by atoms with Crippen LogP contribution in [0, 0.1) is 20.8 Å². The Morgan fingerprint density at radius 2 is 1.63 bits per heavy atom. The Labute approximate surface area is 175 Å². The molecule has 0 spiro atoms. The van der Waals surface area contributed by atoms with Gasteiger partial charge in [-0.1, -0.05) is 36.4 Å².